The maximum atomic E-state index is 12.8. The van der Waals surface area contributed by atoms with Crippen LogP contribution in [0.3, 0.4) is 0 Å². The molecule has 1 fully saturated rings. The lowest BCUT2D eigenvalue weighted by Crippen LogP contribution is -2.35. The highest BCUT2D eigenvalue weighted by Gasteiger charge is 2.33. The Bertz CT molecular complexity index is 484. The van der Waals surface area contributed by atoms with Gasteiger partial charge in [-0.1, -0.05) is 19.3 Å². The van der Waals surface area contributed by atoms with Gasteiger partial charge < -0.3 is 10.4 Å². The molecule has 1 aliphatic carbocycles. The van der Waals surface area contributed by atoms with Crippen molar-refractivity contribution < 1.29 is 18.3 Å². The van der Waals surface area contributed by atoms with E-state index in [4.69, 9.17) is 0 Å². The van der Waals surface area contributed by atoms with E-state index in [0.717, 1.165) is 44.2 Å². The fourth-order valence-corrected chi connectivity index (χ4v) is 3.20. The van der Waals surface area contributed by atoms with Gasteiger partial charge in [-0.15, -0.1) is 0 Å². The smallest absolute Gasteiger partial charge is 0.396 e. The molecule has 1 aromatic rings. The number of benzene rings is 1. The summed E-state index contributed by atoms with van der Waals surface area (Å²) in [5.41, 5.74) is -0.468. The molecule has 0 spiro atoms. The van der Waals surface area contributed by atoms with Crippen molar-refractivity contribution in [1.29, 1.82) is 0 Å². The summed E-state index contributed by atoms with van der Waals surface area (Å²) < 4.78 is 38.9. The van der Waals surface area contributed by atoms with Crippen LogP contribution < -0.4 is 5.32 Å². The minimum atomic E-state index is -4.35. The lowest BCUT2D eigenvalue weighted by atomic mass is 9.74. The molecule has 2 nitrogen and oxygen atoms in total. The SMILES string of the molecule is OCC1(CNc2cc(C(F)(F)F)ccc2Br)CCCCC1. The molecule has 0 amide bonds. The van der Waals surface area contributed by atoms with Gasteiger partial charge in [0.15, 0.2) is 0 Å². The monoisotopic (exact) mass is 365 g/mol. The molecule has 21 heavy (non-hydrogen) atoms. The molecular formula is C15H19BrF3NO. The molecule has 2 rings (SSSR count). The van der Waals surface area contributed by atoms with Gasteiger partial charge in [0.2, 0.25) is 0 Å². The third kappa shape index (κ3) is 4.13. The number of halogens is 4. The zero-order valence-electron chi connectivity index (χ0n) is 11.6. The Hall–Kier alpha value is -0.750. The van der Waals surface area contributed by atoms with Crippen LogP contribution >= 0.6 is 15.9 Å². The van der Waals surface area contributed by atoms with Crippen molar-refractivity contribution in [3.8, 4) is 0 Å². The van der Waals surface area contributed by atoms with Crippen LogP contribution in [0.2, 0.25) is 0 Å². The molecule has 1 saturated carbocycles. The number of alkyl halides is 3. The zero-order chi connectivity index (χ0) is 15.5. The second-order valence-corrected chi connectivity index (χ2v) is 6.62. The second-order valence-electron chi connectivity index (χ2n) is 5.76. The first-order valence-electron chi connectivity index (χ1n) is 7.08. The van der Waals surface area contributed by atoms with Crippen LogP contribution in [0, 0.1) is 5.41 Å². The molecule has 0 unspecified atom stereocenters. The Morgan fingerprint density at radius 2 is 1.86 bits per heavy atom. The van der Waals surface area contributed by atoms with Gasteiger partial charge in [0.1, 0.15) is 0 Å². The lowest BCUT2D eigenvalue weighted by molar-refractivity contribution is -0.137. The standard InChI is InChI=1S/C15H19BrF3NO/c16-12-5-4-11(15(17,18)19)8-13(12)20-9-14(10-21)6-2-1-3-7-14/h4-5,8,20-21H,1-3,6-7,9-10H2. The maximum Gasteiger partial charge on any atom is 0.416 e. The van der Waals surface area contributed by atoms with E-state index in [1.807, 2.05) is 0 Å². The summed E-state index contributed by atoms with van der Waals surface area (Å²) in [5.74, 6) is 0. The lowest BCUT2D eigenvalue weighted by Gasteiger charge is -2.36. The molecule has 118 valence electrons. The Balaban J connectivity index is 2.11. The summed E-state index contributed by atoms with van der Waals surface area (Å²) in [6.45, 7) is 0.556. The van der Waals surface area contributed by atoms with Crippen molar-refractivity contribution in [3.05, 3.63) is 28.2 Å². The number of aliphatic hydroxyl groups is 1. The van der Waals surface area contributed by atoms with E-state index >= 15 is 0 Å². The molecule has 6 heteroatoms. The largest absolute Gasteiger partial charge is 0.416 e. The van der Waals surface area contributed by atoms with Crippen LogP contribution in [0.15, 0.2) is 22.7 Å². The highest BCUT2D eigenvalue weighted by atomic mass is 79.9. The van der Waals surface area contributed by atoms with Crippen molar-refractivity contribution in [2.24, 2.45) is 5.41 Å². The minimum absolute atomic E-state index is 0.0661. The summed E-state index contributed by atoms with van der Waals surface area (Å²) in [6, 6.07) is 3.56. The van der Waals surface area contributed by atoms with E-state index in [1.54, 1.807) is 0 Å². The highest BCUT2D eigenvalue weighted by molar-refractivity contribution is 9.10. The van der Waals surface area contributed by atoms with E-state index < -0.39 is 11.7 Å². The molecule has 0 saturated heterocycles. The van der Waals surface area contributed by atoms with Crippen LogP contribution in [0.1, 0.15) is 37.7 Å². The number of hydrogen-bond donors (Lipinski definition) is 2. The van der Waals surface area contributed by atoms with E-state index in [0.29, 0.717) is 16.7 Å². The van der Waals surface area contributed by atoms with Crippen molar-refractivity contribution in [1.82, 2.24) is 0 Å². The van der Waals surface area contributed by atoms with Crippen LogP contribution in [0.4, 0.5) is 18.9 Å². The zero-order valence-corrected chi connectivity index (χ0v) is 13.2. The summed E-state index contributed by atoms with van der Waals surface area (Å²) in [5, 5.41) is 12.7. The predicted octanol–water partition coefficient (Wildman–Crippen LogP) is 4.82. The Labute approximate surface area is 130 Å². The third-order valence-electron chi connectivity index (χ3n) is 4.20. The minimum Gasteiger partial charge on any atom is -0.396 e. The molecule has 0 radical (unpaired) electrons. The van der Waals surface area contributed by atoms with Crippen LogP contribution in [0.25, 0.3) is 0 Å². The van der Waals surface area contributed by atoms with Crippen molar-refractivity contribution >= 4 is 21.6 Å². The Morgan fingerprint density at radius 1 is 1.19 bits per heavy atom. The fraction of sp³-hybridized carbons (Fsp3) is 0.600. The second kappa shape index (κ2) is 6.57. The normalized spacial score (nSPS) is 18.5. The summed E-state index contributed by atoms with van der Waals surface area (Å²) >= 11 is 3.27. The topological polar surface area (TPSA) is 32.3 Å². The number of aliphatic hydroxyl groups excluding tert-OH is 1. The first-order valence-corrected chi connectivity index (χ1v) is 7.87. The number of rotatable bonds is 4. The maximum absolute atomic E-state index is 12.8. The summed E-state index contributed by atoms with van der Waals surface area (Å²) in [7, 11) is 0. The molecule has 1 aliphatic rings. The molecule has 0 aromatic heterocycles. The first-order chi connectivity index (χ1) is 9.86. The summed E-state index contributed by atoms with van der Waals surface area (Å²) in [6.07, 6.45) is 0.754. The summed E-state index contributed by atoms with van der Waals surface area (Å²) in [4.78, 5) is 0. The Morgan fingerprint density at radius 3 is 2.43 bits per heavy atom. The molecule has 1 aromatic carbocycles. The number of hydrogen-bond acceptors (Lipinski definition) is 2. The molecule has 0 bridgehead atoms. The molecule has 2 N–H and O–H groups in total. The van der Waals surface area contributed by atoms with Crippen molar-refractivity contribution in [2.75, 3.05) is 18.5 Å². The van der Waals surface area contributed by atoms with Gasteiger partial charge in [0, 0.05) is 22.1 Å². The van der Waals surface area contributed by atoms with Gasteiger partial charge in [0.05, 0.1) is 12.2 Å². The number of anilines is 1. The molecule has 0 aliphatic heterocycles. The third-order valence-corrected chi connectivity index (χ3v) is 4.89. The predicted molar refractivity (Wildman–Crippen MR) is 80.2 cm³/mol. The Kier molecular flexibility index (Phi) is 5.20. The fourth-order valence-electron chi connectivity index (χ4n) is 2.81. The van der Waals surface area contributed by atoms with Crippen molar-refractivity contribution in [3.63, 3.8) is 0 Å². The molecular weight excluding hydrogens is 347 g/mol. The quantitative estimate of drug-likeness (QED) is 0.801. The first kappa shape index (κ1) is 16.6. The van der Waals surface area contributed by atoms with E-state index in [-0.39, 0.29) is 12.0 Å². The average molecular weight is 366 g/mol. The average Bonchev–Trinajstić information content (AvgIpc) is 2.46. The number of nitrogens with one attached hydrogen (secondary N) is 1. The van der Waals surface area contributed by atoms with Crippen LogP contribution in [0.5, 0.6) is 0 Å². The van der Waals surface area contributed by atoms with Gasteiger partial charge in [-0.25, -0.2) is 0 Å². The van der Waals surface area contributed by atoms with Gasteiger partial charge in [-0.05, 0) is 47.0 Å². The van der Waals surface area contributed by atoms with Gasteiger partial charge in [0.25, 0.3) is 0 Å². The van der Waals surface area contributed by atoms with E-state index in [1.165, 1.54) is 6.07 Å². The van der Waals surface area contributed by atoms with E-state index in [9.17, 15) is 18.3 Å². The molecule has 0 atom stereocenters. The molecule has 0 heterocycles. The van der Waals surface area contributed by atoms with Gasteiger partial charge >= 0.3 is 6.18 Å². The van der Waals surface area contributed by atoms with Gasteiger partial charge in [-0.3, -0.25) is 0 Å². The highest BCUT2D eigenvalue weighted by Crippen LogP contribution is 2.38. The van der Waals surface area contributed by atoms with Gasteiger partial charge in [-0.2, -0.15) is 13.2 Å². The van der Waals surface area contributed by atoms with E-state index in [2.05, 4.69) is 21.2 Å². The van der Waals surface area contributed by atoms with Crippen LogP contribution in [-0.4, -0.2) is 18.3 Å². The van der Waals surface area contributed by atoms with Crippen molar-refractivity contribution in [2.45, 2.75) is 38.3 Å². The van der Waals surface area contributed by atoms with Crippen LogP contribution in [-0.2, 0) is 6.18 Å².